The van der Waals surface area contributed by atoms with Gasteiger partial charge in [-0.3, -0.25) is 0 Å². The third-order valence-corrected chi connectivity index (χ3v) is 3.31. The van der Waals surface area contributed by atoms with Crippen LogP contribution in [0, 0.1) is 6.92 Å². The Morgan fingerprint density at radius 1 is 1.44 bits per heavy atom. The largest absolute Gasteiger partial charge is 0.357 e. The summed E-state index contributed by atoms with van der Waals surface area (Å²) in [5.41, 5.74) is 6.77. The highest BCUT2D eigenvalue weighted by molar-refractivity contribution is 9.10. The highest BCUT2D eigenvalue weighted by Crippen LogP contribution is 2.20. The number of hydrogen-bond acceptors (Lipinski definition) is 3. The van der Waals surface area contributed by atoms with Crippen LogP contribution in [0.1, 0.15) is 25.3 Å². The van der Waals surface area contributed by atoms with Crippen LogP contribution in [0.4, 0.5) is 5.82 Å². The van der Waals surface area contributed by atoms with Crippen molar-refractivity contribution >= 4 is 21.7 Å². The Morgan fingerprint density at radius 3 is 2.75 bits per heavy atom. The lowest BCUT2D eigenvalue weighted by Crippen LogP contribution is -2.27. The van der Waals surface area contributed by atoms with E-state index >= 15 is 0 Å². The Kier molecular flexibility index (Phi) is 5.77. The molecule has 1 aromatic rings. The smallest absolute Gasteiger partial charge is 0.128 e. The van der Waals surface area contributed by atoms with E-state index in [0.717, 1.165) is 42.8 Å². The summed E-state index contributed by atoms with van der Waals surface area (Å²) in [6, 6.07) is 2.12. The second-order valence-corrected chi connectivity index (χ2v) is 4.78. The van der Waals surface area contributed by atoms with Crippen LogP contribution in [-0.2, 0) is 0 Å². The van der Waals surface area contributed by atoms with Gasteiger partial charge in [0, 0.05) is 23.8 Å². The molecule has 1 heterocycles. The van der Waals surface area contributed by atoms with E-state index < -0.39 is 0 Å². The first-order valence-electron chi connectivity index (χ1n) is 5.76. The van der Waals surface area contributed by atoms with Crippen LogP contribution in [0.15, 0.2) is 16.7 Å². The second-order valence-electron chi connectivity index (χ2n) is 3.92. The maximum atomic E-state index is 5.55. The van der Waals surface area contributed by atoms with E-state index in [2.05, 4.69) is 45.7 Å². The molecule has 0 bridgehead atoms. The number of nitrogens with zero attached hydrogens (tertiary/aromatic N) is 2. The minimum atomic E-state index is 0.732. The monoisotopic (exact) mass is 285 g/mol. The predicted molar refractivity (Wildman–Crippen MR) is 72.8 cm³/mol. The second kappa shape index (κ2) is 6.86. The Hall–Kier alpha value is -0.610. The van der Waals surface area contributed by atoms with E-state index in [0.29, 0.717) is 0 Å². The van der Waals surface area contributed by atoms with Crippen LogP contribution in [-0.4, -0.2) is 24.6 Å². The molecule has 0 radical (unpaired) electrons. The number of pyridine rings is 1. The summed E-state index contributed by atoms with van der Waals surface area (Å²) < 4.78 is 1.06. The summed E-state index contributed by atoms with van der Waals surface area (Å²) in [4.78, 5) is 6.75. The quantitative estimate of drug-likeness (QED) is 0.874. The molecule has 0 aliphatic heterocycles. The van der Waals surface area contributed by atoms with Crippen molar-refractivity contribution in [1.29, 1.82) is 0 Å². The van der Waals surface area contributed by atoms with Gasteiger partial charge in [-0.15, -0.1) is 0 Å². The average molecular weight is 286 g/mol. The maximum absolute atomic E-state index is 5.55. The van der Waals surface area contributed by atoms with Crippen LogP contribution < -0.4 is 10.6 Å². The summed E-state index contributed by atoms with van der Waals surface area (Å²) in [6.07, 6.45) is 4.01. The van der Waals surface area contributed by atoms with Crippen molar-refractivity contribution in [2.45, 2.75) is 26.7 Å². The lowest BCUT2D eigenvalue weighted by molar-refractivity contribution is 0.711. The summed E-state index contributed by atoms with van der Waals surface area (Å²) in [6.45, 7) is 7.02. The standard InChI is InChI=1S/C12H20BrN3/c1-3-6-16(7-4-5-14)12-8-10(2)11(13)9-15-12/h8-9H,3-7,14H2,1-2H3. The lowest BCUT2D eigenvalue weighted by Gasteiger charge is -2.23. The molecule has 0 atom stereocenters. The van der Waals surface area contributed by atoms with E-state index in [9.17, 15) is 0 Å². The van der Waals surface area contributed by atoms with Crippen LogP contribution in [0.5, 0.6) is 0 Å². The fourth-order valence-electron chi connectivity index (χ4n) is 1.59. The molecule has 2 N–H and O–H groups in total. The van der Waals surface area contributed by atoms with Crippen LogP contribution in [0.25, 0.3) is 0 Å². The van der Waals surface area contributed by atoms with Crippen molar-refractivity contribution in [2.24, 2.45) is 5.73 Å². The fraction of sp³-hybridized carbons (Fsp3) is 0.583. The zero-order chi connectivity index (χ0) is 12.0. The van der Waals surface area contributed by atoms with Crippen molar-refractivity contribution in [2.75, 3.05) is 24.5 Å². The normalized spacial score (nSPS) is 10.5. The van der Waals surface area contributed by atoms with Crippen LogP contribution >= 0.6 is 15.9 Å². The first kappa shape index (κ1) is 13.5. The SMILES string of the molecule is CCCN(CCCN)c1cc(C)c(Br)cn1. The number of hydrogen-bond donors (Lipinski definition) is 1. The van der Waals surface area contributed by atoms with Gasteiger partial charge in [-0.25, -0.2) is 4.98 Å². The van der Waals surface area contributed by atoms with Crippen molar-refractivity contribution < 1.29 is 0 Å². The van der Waals surface area contributed by atoms with E-state index in [-0.39, 0.29) is 0 Å². The third-order valence-electron chi connectivity index (χ3n) is 2.48. The van der Waals surface area contributed by atoms with Gasteiger partial charge in [0.1, 0.15) is 5.82 Å². The molecule has 0 amide bonds. The van der Waals surface area contributed by atoms with Gasteiger partial charge >= 0.3 is 0 Å². The molecule has 0 unspecified atom stereocenters. The van der Waals surface area contributed by atoms with Crippen molar-refractivity contribution in [1.82, 2.24) is 4.98 Å². The van der Waals surface area contributed by atoms with Gasteiger partial charge in [0.05, 0.1) is 0 Å². The third kappa shape index (κ3) is 3.76. The van der Waals surface area contributed by atoms with Gasteiger partial charge in [-0.1, -0.05) is 6.92 Å². The van der Waals surface area contributed by atoms with Crippen LogP contribution in [0.2, 0.25) is 0 Å². The fourth-order valence-corrected chi connectivity index (χ4v) is 1.81. The summed E-state index contributed by atoms with van der Waals surface area (Å²) in [7, 11) is 0. The summed E-state index contributed by atoms with van der Waals surface area (Å²) >= 11 is 3.47. The topological polar surface area (TPSA) is 42.1 Å². The molecular formula is C12H20BrN3. The molecule has 1 rings (SSSR count). The molecule has 3 nitrogen and oxygen atoms in total. The predicted octanol–water partition coefficient (Wildman–Crippen LogP) is 2.72. The maximum Gasteiger partial charge on any atom is 0.128 e. The average Bonchev–Trinajstić information content (AvgIpc) is 2.28. The Bertz CT molecular complexity index is 328. The van der Waals surface area contributed by atoms with Gasteiger partial charge in [0.25, 0.3) is 0 Å². The van der Waals surface area contributed by atoms with Gasteiger partial charge in [0.2, 0.25) is 0 Å². The van der Waals surface area contributed by atoms with Gasteiger partial charge < -0.3 is 10.6 Å². The zero-order valence-corrected chi connectivity index (χ0v) is 11.6. The van der Waals surface area contributed by atoms with E-state index in [1.54, 1.807) is 0 Å². The molecular weight excluding hydrogens is 266 g/mol. The molecule has 0 aromatic carbocycles. The minimum absolute atomic E-state index is 0.732. The molecule has 90 valence electrons. The molecule has 0 aliphatic rings. The molecule has 0 fully saturated rings. The highest BCUT2D eigenvalue weighted by Gasteiger charge is 2.07. The van der Waals surface area contributed by atoms with E-state index in [4.69, 9.17) is 5.73 Å². The van der Waals surface area contributed by atoms with Gasteiger partial charge in [-0.05, 0) is 53.9 Å². The number of halogens is 1. The number of nitrogens with two attached hydrogens (primary N) is 1. The Morgan fingerprint density at radius 2 is 2.19 bits per heavy atom. The number of anilines is 1. The number of aryl methyl sites for hydroxylation is 1. The molecule has 1 aromatic heterocycles. The molecule has 16 heavy (non-hydrogen) atoms. The Balaban J connectivity index is 2.78. The summed E-state index contributed by atoms with van der Waals surface area (Å²) in [5, 5.41) is 0. The lowest BCUT2D eigenvalue weighted by atomic mass is 10.2. The Labute approximate surface area is 106 Å². The molecule has 4 heteroatoms. The van der Waals surface area contributed by atoms with E-state index in [1.807, 2.05) is 6.20 Å². The molecule has 0 aliphatic carbocycles. The van der Waals surface area contributed by atoms with E-state index in [1.165, 1.54) is 5.56 Å². The van der Waals surface area contributed by atoms with Crippen LogP contribution in [0.3, 0.4) is 0 Å². The number of rotatable bonds is 6. The number of aromatic nitrogens is 1. The molecule has 0 saturated carbocycles. The van der Waals surface area contributed by atoms with Crippen molar-refractivity contribution in [3.8, 4) is 0 Å². The minimum Gasteiger partial charge on any atom is -0.357 e. The first-order valence-corrected chi connectivity index (χ1v) is 6.55. The zero-order valence-electron chi connectivity index (χ0n) is 10.0. The van der Waals surface area contributed by atoms with Gasteiger partial charge in [-0.2, -0.15) is 0 Å². The molecule has 0 saturated heterocycles. The van der Waals surface area contributed by atoms with Crippen molar-refractivity contribution in [3.63, 3.8) is 0 Å². The first-order chi connectivity index (χ1) is 7.69. The van der Waals surface area contributed by atoms with Gasteiger partial charge in [0.15, 0.2) is 0 Å². The molecule has 0 spiro atoms. The highest BCUT2D eigenvalue weighted by atomic mass is 79.9. The summed E-state index contributed by atoms with van der Waals surface area (Å²) in [5.74, 6) is 1.05. The van der Waals surface area contributed by atoms with Crippen molar-refractivity contribution in [3.05, 3.63) is 22.3 Å².